The number of aryl methyl sites for hydroxylation is 2. The molecule has 0 fully saturated rings. The fourth-order valence-corrected chi connectivity index (χ4v) is 3.96. The highest BCUT2D eigenvalue weighted by Crippen LogP contribution is 2.24. The molecule has 0 N–H and O–H groups in total. The fraction of sp³-hybridized carbons (Fsp3) is 0.222. The van der Waals surface area contributed by atoms with Crippen molar-refractivity contribution in [2.24, 2.45) is 0 Å². The number of nitrogens with zero attached hydrogens (tertiary/aromatic N) is 1. The second kappa shape index (κ2) is 11.1. The predicted molar refractivity (Wildman–Crippen MR) is 132 cm³/mol. The summed E-state index contributed by atoms with van der Waals surface area (Å²) in [7, 11) is -4.27. The van der Waals surface area contributed by atoms with Gasteiger partial charge in [-0.1, -0.05) is 54.1 Å². The molecule has 4 rings (SSSR count). The summed E-state index contributed by atoms with van der Waals surface area (Å²) in [6, 6.07) is 22.5. The highest BCUT2D eigenvalue weighted by Gasteiger charge is 2.20. The van der Waals surface area contributed by atoms with E-state index in [-0.39, 0.29) is 4.90 Å². The van der Waals surface area contributed by atoms with Crippen molar-refractivity contribution in [1.29, 1.82) is 0 Å². The molecule has 0 amide bonds. The second-order valence-corrected chi connectivity index (χ2v) is 9.07. The number of hydrogen-bond donors (Lipinski definition) is 0. The normalized spacial score (nSPS) is 11.7. The van der Waals surface area contributed by atoms with Crippen LogP contribution in [0.3, 0.4) is 0 Å². The van der Waals surface area contributed by atoms with Crippen LogP contribution in [0.4, 0.5) is 0 Å². The zero-order valence-corrected chi connectivity index (χ0v) is 20.6. The fourth-order valence-electron chi connectivity index (χ4n) is 3.49. The standard InChI is InChI=1S/C20H22NO2.C7H8O3S/c1-4-21-18-14-17(16-9-7-6-8-10-16)11-12-19(18)23-20(21)13-15(3)22-5-2;1-6-2-4-7(5-3-6)11(8,9)10/h6-14H,4-5H2,1-3H3;2-5H,1H3,(H,8,9,10)/q+1;/p-1. The summed E-state index contributed by atoms with van der Waals surface area (Å²) >= 11 is 0. The van der Waals surface area contributed by atoms with Crippen molar-refractivity contribution in [1.82, 2.24) is 0 Å². The Labute approximate surface area is 200 Å². The zero-order valence-electron chi connectivity index (χ0n) is 19.8. The summed E-state index contributed by atoms with van der Waals surface area (Å²) in [6.45, 7) is 9.38. The van der Waals surface area contributed by atoms with Gasteiger partial charge in [0.1, 0.15) is 22.4 Å². The number of oxazole rings is 1. The first-order valence-corrected chi connectivity index (χ1v) is 12.5. The quantitative estimate of drug-likeness (QED) is 0.201. The molecule has 34 heavy (non-hydrogen) atoms. The van der Waals surface area contributed by atoms with E-state index in [1.807, 2.05) is 39.0 Å². The summed E-state index contributed by atoms with van der Waals surface area (Å²) < 4.78 is 44.9. The Balaban J connectivity index is 0.000000248. The van der Waals surface area contributed by atoms with Gasteiger partial charge < -0.3 is 13.7 Å². The van der Waals surface area contributed by atoms with Crippen LogP contribution in [-0.4, -0.2) is 19.6 Å². The Morgan fingerprint density at radius 1 is 1.00 bits per heavy atom. The number of rotatable bonds is 6. The minimum absolute atomic E-state index is 0.178. The van der Waals surface area contributed by atoms with Crippen LogP contribution in [0.25, 0.3) is 28.3 Å². The molecule has 0 aliphatic heterocycles. The van der Waals surface area contributed by atoms with Crippen molar-refractivity contribution in [3.63, 3.8) is 0 Å². The van der Waals surface area contributed by atoms with Gasteiger partial charge in [-0.3, -0.25) is 0 Å². The molecule has 7 heteroatoms. The molecule has 1 heterocycles. The van der Waals surface area contributed by atoms with Crippen LogP contribution in [0.15, 0.2) is 87.9 Å². The molecular weight excluding hydrogens is 450 g/mol. The van der Waals surface area contributed by atoms with Crippen LogP contribution in [0, 0.1) is 6.92 Å². The van der Waals surface area contributed by atoms with Crippen molar-refractivity contribution in [2.75, 3.05) is 6.61 Å². The third kappa shape index (κ3) is 6.34. The van der Waals surface area contributed by atoms with Gasteiger partial charge in [-0.2, -0.15) is 4.57 Å². The van der Waals surface area contributed by atoms with Crippen LogP contribution < -0.4 is 4.57 Å². The van der Waals surface area contributed by atoms with E-state index in [0.29, 0.717) is 6.61 Å². The van der Waals surface area contributed by atoms with Crippen molar-refractivity contribution < 1.29 is 26.7 Å². The molecule has 0 radical (unpaired) electrons. The van der Waals surface area contributed by atoms with Gasteiger partial charge in [-0.15, -0.1) is 0 Å². The maximum absolute atomic E-state index is 10.4. The molecule has 0 unspecified atom stereocenters. The lowest BCUT2D eigenvalue weighted by Gasteiger charge is -2.05. The topological polar surface area (TPSA) is 83.5 Å². The van der Waals surface area contributed by atoms with Crippen LogP contribution >= 0.6 is 0 Å². The largest absolute Gasteiger partial charge is 0.744 e. The van der Waals surface area contributed by atoms with Crippen molar-refractivity contribution in [3.8, 4) is 11.1 Å². The Morgan fingerprint density at radius 2 is 1.68 bits per heavy atom. The lowest BCUT2D eigenvalue weighted by Crippen LogP contribution is -2.33. The van der Waals surface area contributed by atoms with Crippen LogP contribution in [0.5, 0.6) is 0 Å². The zero-order chi connectivity index (χ0) is 24.7. The molecule has 0 spiro atoms. The minimum Gasteiger partial charge on any atom is -0.744 e. The molecule has 1 aromatic heterocycles. The Kier molecular flexibility index (Phi) is 8.26. The number of allylic oxidation sites excluding steroid dienone is 1. The number of benzene rings is 3. The molecule has 0 bridgehead atoms. The molecule has 178 valence electrons. The Hall–Kier alpha value is -3.42. The SMILES string of the molecule is CCOC(C)=Cc1oc2ccc(-c3ccccc3)cc2[n+]1CC.Cc1ccc(S(=O)(=O)[O-])cc1. The smallest absolute Gasteiger partial charge is 0.377 e. The monoisotopic (exact) mass is 479 g/mol. The maximum atomic E-state index is 10.4. The summed E-state index contributed by atoms with van der Waals surface area (Å²) in [4.78, 5) is -0.178. The summed E-state index contributed by atoms with van der Waals surface area (Å²) in [6.07, 6.45) is 1.95. The Bertz CT molecular complexity index is 1370. The second-order valence-electron chi connectivity index (χ2n) is 7.69. The molecule has 0 aliphatic carbocycles. The van der Waals surface area contributed by atoms with Gasteiger partial charge in [0, 0.05) is 6.07 Å². The van der Waals surface area contributed by atoms with E-state index in [2.05, 4.69) is 47.9 Å². The number of ether oxygens (including phenoxy) is 1. The number of fused-ring (bicyclic) bond motifs is 1. The van der Waals surface area contributed by atoms with Gasteiger partial charge in [0.05, 0.1) is 17.6 Å². The molecule has 0 saturated heterocycles. The van der Waals surface area contributed by atoms with Crippen molar-refractivity contribution >= 4 is 27.3 Å². The minimum atomic E-state index is -4.27. The molecule has 0 aliphatic rings. The van der Waals surface area contributed by atoms with Gasteiger partial charge in [-0.05, 0) is 57.0 Å². The van der Waals surface area contributed by atoms with Crippen molar-refractivity contribution in [2.45, 2.75) is 39.1 Å². The van der Waals surface area contributed by atoms with Gasteiger partial charge in [0.25, 0.3) is 5.52 Å². The maximum Gasteiger partial charge on any atom is 0.377 e. The van der Waals surface area contributed by atoms with E-state index in [4.69, 9.17) is 9.15 Å². The molecule has 4 aromatic rings. The molecule has 3 aromatic carbocycles. The first-order chi connectivity index (χ1) is 16.2. The van der Waals surface area contributed by atoms with E-state index in [9.17, 15) is 13.0 Å². The van der Waals surface area contributed by atoms with Crippen LogP contribution in [-0.2, 0) is 21.4 Å². The first kappa shape index (κ1) is 25.2. The van der Waals surface area contributed by atoms with E-state index in [0.717, 1.165) is 34.9 Å². The van der Waals surface area contributed by atoms with Gasteiger partial charge in [-0.25, -0.2) is 8.42 Å². The third-order valence-corrected chi connectivity index (χ3v) is 6.01. The van der Waals surface area contributed by atoms with Gasteiger partial charge in [0.2, 0.25) is 5.58 Å². The third-order valence-electron chi connectivity index (χ3n) is 5.16. The average molecular weight is 480 g/mol. The highest BCUT2D eigenvalue weighted by molar-refractivity contribution is 7.85. The summed E-state index contributed by atoms with van der Waals surface area (Å²) in [5.41, 5.74) is 5.32. The molecule has 0 saturated carbocycles. The lowest BCUT2D eigenvalue weighted by molar-refractivity contribution is -0.674. The van der Waals surface area contributed by atoms with Gasteiger partial charge >= 0.3 is 5.89 Å². The van der Waals surface area contributed by atoms with Gasteiger partial charge in [0.15, 0.2) is 0 Å². The number of aromatic nitrogens is 1. The average Bonchev–Trinajstić information content (AvgIpc) is 3.16. The lowest BCUT2D eigenvalue weighted by atomic mass is 10.1. The van der Waals surface area contributed by atoms with E-state index in [1.54, 1.807) is 12.1 Å². The predicted octanol–water partition coefficient (Wildman–Crippen LogP) is 5.70. The molecule has 6 nitrogen and oxygen atoms in total. The number of hydrogen-bond acceptors (Lipinski definition) is 5. The summed E-state index contributed by atoms with van der Waals surface area (Å²) in [5.74, 6) is 1.68. The van der Waals surface area contributed by atoms with Crippen molar-refractivity contribution in [3.05, 3.63) is 90.0 Å². The van der Waals surface area contributed by atoms with E-state index in [1.165, 1.54) is 23.3 Å². The molecular formula is C27H29NO5S. The van der Waals surface area contributed by atoms with E-state index < -0.39 is 10.1 Å². The van der Waals surface area contributed by atoms with Crippen LogP contribution in [0.2, 0.25) is 0 Å². The van der Waals surface area contributed by atoms with E-state index >= 15 is 0 Å². The Morgan fingerprint density at radius 3 is 2.26 bits per heavy atom. The highest BCUT2D eigenvalue weighted by atomic mass is 32.2. The summed E-state index contributed by atoms with van der Waals surface area (Å²) in [5, 5.41) is 0. The van der Waals surface area contributed by atoms with Crippen LogP contribution in [0.1, 0.15) is 32.2 Å². The first-order valence-electron chi connectivity index (χ1n) is 11.1. The molecule has 0 atom stereocenters.